The summed E-state index contributed by atoms with van der Waals surface area (Å²) < 4.78 is 11.3. The van der Waals surface area contributed by atoms with E-state index in [2.05, 4.69) is 0 Å². The lowest BCUT2D eigenvalue weighted by Crippen LogP contribution is -2.42. The van der Waals surface area contributed by atoms with Crippen molar-refractivity contribution in [2.24, 2.45) is 5.73 Å². The Morgan fingerprint density at radius 1 is 0.848 bits per heavy atom. The molecule has 0 aliphatic heterocycles. The molecule has 3 aromatic rings. The zero-order chi connectivity index (χ0) is 23.5. The number of nitrogens with two attached hydrogens (primary N) is 1. The number of benzene rings is 2. The van der Waals surface area contributed by atoms with Crippen molar-refractivity contribution in [2.75, 3.05) is 32.8 Å². The van der Waals surface area contributed by atoms with Crippen LogP contribution in [0.5, 0.6) is 11.5 Å². The van der Waals surface area contributed by atoms with Crippen LogP contribution in [-0.2, 0) is 6.42 Å². The molecule has 0 aliphatic rings. The zero-order valence-electron chi connectivity index (χ0n) is 18.4. The number of nitrogens with zero attached hydrogens (tertiary/aromatic N) is 1. The quantitative estimate of drug-likeness (QED) is 0.334. The number of carbonyl (C=O) groups excluding carboxylic acids is 1. The summed E-state index contributed by atoms with van der Waals surface area (Å²) in [6.07, 6.45) is -0.815. The van der Waals surface area contributed by atoms with E-state index in [9.17, 15) is 15.0 Å². The Bertz CT molecular complexity index is 916. The van der Waals surface area contributed by atoms with Crippen LogP contribution in [0.4, 0.5) is 0 Å². The molecule has 1 amide bonds. The Hall–Kier alpha value is -2.91. The molecular weight excluding hydrogens is 440 g/mol. The molecule has 2 aromatic carbocycles. The molecule has 0 spiro atoms. The van der Waals surface area contributed by atoms with E-state index in [1.807, 2.05) is 71.6 Å². The highest BCUT2D eigenvalue weighted by Gasteiger charge is 2.18. The monoisotopic (exact) mass is 470 g/mol. The average molecular weight is 471 g/mol. The maximum absolute atomic E-state index is 11.3. The van der Waals surface area contributed by atoms with Crippen LogP contribution in [0.15, 0.2) is 72.8 Å². The van der Waals surface area contributed by atoms with E-state index < -0.39 is 18.1 Å². The average Bonchev–Trinajstić information content (AvgIpc) is 3.31. The van der Waals surface area contributed by atoms with Crippen molar-refractivity contribution in [3.8, 4) is 11.5 Å². The van der Waals surface area contributed by atoms with Gasteiger partial charge in [-0.15, -0.1) is 11.3 Å². The minimum absolute atomic E-state index is 0.141. The second-order valence-electron chi connectivity index (χ2n) is 7.70. The van der Waals surface area contributed by atoms with Gasteiger partial charge in [-0.25, -0.2) is 0 Å². The number of rotatable bonds is 14. The largest absolute Gasteiger partial charge is 0.491 e. The van der Waals surface area contributed by atoms with Gasteiger partial charge in [-0.2, -0.15) is 0 Å². The fourth-order valence-corrected chi connectivity index (χ4v) is 4.14. The number of amides is 1. The van der Waals surface area contributed by atoms with Gasteiger partial charge in [-0.1, -0.05) is 36.4 Å². The second-order valence-corrected chi connectivity index (χ2v) is 8.86. The summed E-state index contributed by atoms with van der Waals surface area (Å²) in [5.41, 5.74) is 5.34. The first kappa shape index (κ1) is 24.7. The number of aliphatic hydroxyl groups excluding tert-OH is 2. The molecule has 8 heteroatoms. The number of primary amides is 1. The third kappa shape index (κ3) is 8.86. The molecule has 7 nitrogen and oxygen atoms in total. The molecule has 0 saturated carbocycles. The number of carbonyl (C=O) groups is 1. The maximum atomic E-state index is 11.3. The minimum Gasteiger partial charge on any atom is -0.491 e. The molecule has 176 valence electrons. The molecule has 33 heavy (non-hydrogen) atoms. The predicted molar refractivity (Wildman–Crippen MR) is 129 cm³/mol. The molecular formula is C25H30N2O5S. The molecule has 0 fully saturated rings. The Balaban J connectivity index is 1.54. The van der Waals surface area contributed by atoms with Gasteiger partial charge in [0.2, 0.25) is 0 Å². The van der Waals surface area contributed by atoms with E-state index in [-0.39, 0.29) is 13.2 Å². The van der Waals surface area contributed by atoms with Gasteiger partial charge in [0.05, 0.1) is 4.88 Å². The highest BCUT2D eigenvalue weighted by molar-refractivity contribution is 7.14. The summed E-state index contributed by atoms with van der Waals surface area (Å²) >= 11 is 1.36. The van der Waals surface area contributed by atoms with E-state index in [0.717, 1.165) is 4.88 Å². The summed E-state index contributed by atoms with van der Waals surface area (Å²) in [7, 11) is 0. The van der Waals surface area contributed by atoms with Gasteiger partial charge in [0, 0.05) is 24.5 Å². The molecule has 3 rings (SSSR count). The van der Waals surface area contributed by atoms with Crippen LogP contribution in [-0.4, -0.2) is 66.1 Å². The van der Waals surface area contributed by atoms with Gasteiger partial charge >= 0.3 is 0 Å². The molecule has 0 bridgehead atoms. The topological polar surface area (TPSA) is 105 Å². The van der Waals surface area contributed by atoms with E-state index in [1.165, 1.54) is 11.3 Å². The summed E-state index contributed by atoms with van der Waals surface area (Å²) in [4.78, 5) is 14.9. The molecule has 0 aliphatic carbocycles. The lowest BCUT2D eigenvalue weighted by molar-refractivity contribution is 0.0318. The second kappa shape index (κ2) is 13.0. The zero-order valence-corrected chi connectivity index (χ0v) is 19.2. The fourth-order valence-electron chi connectivity index (χ4n) is 3.29. The maximum Gasteiger partial charge on any atom is 0.258 e. The fraction of sp³-hybridized carbons (Fsp3) is 0.320. The van der Waals surface area contributed by atoms with Gasteiger partial charge in [-0.3, -0.25) is 9.69 Å². The van der Waals surface area contributed by atoms with Crippen LogP contribution in [0.25, 0.3) is 0 Å². The Morgan fingerprint density at radius 3 is 1.82 bits per heavy atom. The van der Waals surface area contributed by atoms with E-state index >= 15 is 0 Å². The Kier molecular flexibility index (Phi) is 9.71. The van der Waals surface area contributed by atoms with Crippen molar-refractivity contribution in [1.29, 1.82) is 0 Å². The van der Waals surface area contributed by atoms with Crippen LogP contribution in [0.3, 0.4) is 0 Å². The number of ether oxygens (including phenoxy) is 2. The molecule has 4 N–H and O–H groups in total. The smallest absolute Gasteiger partial charge is 0.258 e. The van der Waals surface area contributed by atoms with E-state index in [4.69, 9.17) is 15.2 Å². The van der Waals surface area contributed by atoms with Crippen molar-refractivity contribution in [3.05, 3.63) is 82.6 Å². The summed E-state index contributed by atoms with van der Waals surface area (Å²) in [5, 5.41) is 21.1. The summed E-state index contributed by atoms with van der Waals surface area (Å²) in [5.74, 6) is 0.944. The highest BCUT2D eigenvalue weighted by atomic mass is 32.1. The SMILES string of the molecule is NC(=O)c1ccc(CCN(C[C@H](O)COc2ccccc2)C[C@H](O)COc2ccccc2)s1. The van der Waals surface area contributed by atoms with Crippen LogP contribution < -0.4 is 15.2 Å². The van der Waals surface area contributed by atoms with Crippen molar-refractivity contribution < 1.29 is 24.5 Å². The number of aliphatic hydroxyl groups is 2. The van der Waals surface area contributed by atoms with Crippen LogP contribution in [0.2, 0.25) is 0 Å². The Labute approximate surface area is 198 Å². The lowest BCUT2D eigenvalue weighted by Gasteiger charge is -2.27. The molecule has 0 unspecified atom stereocenters. The first-order valence-corrected chi connectivity index (χ1v) is 11.6. The van der Waals surface area contributed by atoms with Crippen molar-refractivity contribution in [2.45, 2.75) is 18.6 Å². The summed E-state index contributed by atoms with van der Waals surface area (Å²) in [6, 6.07) is 22.2. The molecule has 0 saturated heterocycles. The molecule has 1 aromatic heterocycles. The normalized spacial score (nSPS) is 12.9. The van der Waals surface area contributed by atoms with Crippen LogP contribution in [0, 0.1) is 0 Å². The van der Waals surface area contributed by atoms with Gasteiger partial charge in [0.15, 0.2) is 0 Å². The van der Waals surface area contributed by atoms with Gasteiger partial charge in [0.25, 0.3) is 5.91 Å². The van der Waals surface area contributed by atoms with Crippen LogP contribution >= 0.6 is 11.3 Å². The first-order chi connectivity index (χ1) is 16.0. The Morgan fingerprint density at radius 2 is 1.36 bits per heavy atom. The highest BCUT2D eigenvalue weighted by Crippen LogP contribution is 2.17. The number of hydrogen-bond acceptors (Lipinski definition) is 7. The standard InChI is InChI=1S/C25H30N2O5S/c26-25(30)24-12-11-23(33-24)13-14-27(15-19(28)17-31-21-7-3-1-4-8-21)16-20(29)18-32-22-9-5-2-6-10-22/h1-12,19-20,28-29H,13-18H2,(H2,26,30)/t19-,20-/m0/s1. The predicted octanol–water partition coefficient (Wildman–Crippen LogP) is 2.57. The van der Waals surface area contributed by atoms with Crippen LogP contribution in [0.1, 0.15) is 14.5 Å². The van der Waals surface area contributed by atoms with Gasteiger partial charge < -0.3 is 25.4 Å². The number of para-hydroxylation sites is 2. The van der Waals surface area contributed by atoms with Gasteiger partial charge in [0.1, 0.15) is 36.9 Å². The van der Waals surface area contributed by atoms with E-state index in [1.54, 1.807) is 6.07 Å². The third-order valence-electron chi connectivity index (χ3n) is 4.89. The number of thiophene rings is 1. The lowest BCUT2D eigenvalue weighted by atomic mass is 10.2. The molecule has 1 heterocycles. The molecule has 0 radical (unpaired) electrons. The minimum atomic E-state index is -0.739. The first-order valence-electron chi connectivity index (χ1n) is 10.8. The van der Waals surface area contributed by atoms with Crippen molar-refractivity contribution in [3.63, 3.8) is 0 Å². The van der Waals surface area contributed by atoms with Crippen molar-refractivity contribution in [1.82, 2.24) is 4.90 Å². The van der Waals surface area contributed by atoms with Crippen molar-refractivity contribution >= 4 is 17.2 Å². The molecule has 2 atom stereocenters. The third-order valence-corrected chi connectivity index (χ3v) is 6.05. The van der Waals surface area contributed by atoms with E-state index in [0.29, 0.717) is 42.4 Å². The summed E-state index contributed by atoms with van der Waals surface area (Å²) in [6.45, 7) is 1.51. The van der Waals surface area contributed by atoms with Gasteiger partial charge in [-0.05, 0) is 42.8 Å². The number of hydrogen-bond donors (Lipinski definition) is 3.